The molecular weight excluding hydrogens is 422 g/mol. The smallest absolute Gasteiger partial charge is 0.314 e. The van der Waals surface area contributed by atoms with Crippen LogP contribution in [0.5, 0.6) is 0 Å². The number of likely N-dealkylation sites (tertiary alicyclic amines) is 1. The summed E-state index contributed by atoms with van der Waals surface area (Å²) in [5, 5.41) is 0. The van der Waals surface area contributed by atoms with Crippen LogP contribution >= 0.6 is 12.4 Å². The normalized spacial score (nSPS) is 16.1. The van der Waals surface area contributed by atoms with Crippen molar-refractivity contribution in [2.24, 2.45) is 5.41 Å². The summed E-state index contributed by atoms with van der Waals surface area (Å²) in [6.45, 7) is 8.62. The number of carbonyl (C=O) groups excluding carboxylic acids is 4. The number of ether oxygens (including phenoxy) is 1. The molecule has 7 nitrogen and oxygen atoms in total. The van der Waals surface area contributed by atoms with Crippen molar-refractivity contribution in [3.05, 3.63) is 58.5 Å². The summed E-state index contributed by atoms with van der Waals surface area (Å²) in [6.07, 6.45) is -0.729. The fourth-order valence-corrected chi connectivity index (χ4v) is 3.86. The van der Waals surface area contributed by atoms with Crippen LogP contribution < -0.4 is 0 Å². The molecule has 0 unspecified atom stereocenters. The molecule has 2 aliphatic rings. The molecule has 0 atom stereocenters. The standard InChI is InChI=1S/C23H23NO6.ClH/c1-23(2,3)12-24-10-13(11-24)29-19(26)9-17(25)18-8-16-20(27)14-6-4-5-7-15(14)21(28)22(16)30-18;/h4-8,13H,9-12H2,1-3H3;1H. The number of rotatable bonds is 5. The summed E-state index contributed by atoms with van der Waals surface area (Å²) in [6, 6.07) is 7.67. The minimum Gasteiger partial charge on any atom is -0.459 e. The molecule has 0 spiro atoms. The van der Waals surface area contributed by atoms with E-state index in [1.165, 1.54) is 6.07 Å². The summed E-state index contributed by atoms with van der Waals surface area (Å²) in [5.74, 6) is -2.43. The minimum absolute atomic E-state index is 0. The Morgan fingerprint density at radius 3 is 2.29 bits per heavy atom. The highest BCUT2D eigenvalue weighted by atomic mass is 35.5. The second kappa shape index (κ2) is 8.40. The lowest BCUT2D eigenvalue weighted by atomic mass is 9.88. The summed E-state index contributed by atoms with van der Waals surface area (Å²) in [5.41, 5.74) is 0.733. The van der Waals surface area contributed by atoms with Crippen LogP contribution in [0, 0.1) is 5.41 Å². The zero-order chi connectivity index (χ0) is 21.6. The van der Waals surface area contributed by atoms with E-state index in [1.807, 2.05) is 0 Å². The van der Waals surface area contributed by atoms with E-state index in [-0.39, 0.29) is 57.9 Å². The monoisotopic (exact) mass is 445 g/mol. The molecule has 0 saturated carbocycles. The Balaban J connectivity index is 0.00000272. The number of nitrogens with zero attached hydrogens (tertiary/aromatic N) is 1. The van der Waals surface area contributed by atoms with Crippen molar-refractivity contribution >= 4 is 35.7 Å². The van der Waals surface area contributed by atoms with Gasteiger partial charge in [-0.25, -0.2) is 0 Å². The highest BCUT2D eigenvalue weighted by Crippen LogP contribution is 2.30. The number of Topliss-reactive ketones (excluding diaryl/α,β-unsaturated/α-hetero) is 1. The molecule has 1 aliphatic heterocycles. The maximum absolute atomic E-state index is 12.6. The number of carbonyl (C=O) groups is 4. The molecule has 0 bridgehead atoms. The first-order valence-corrected chi connectivity index (χ1v) is 9.90. The maximum atomic E-state index is 12.6. The molecule has 1 aliphatic carbocycles. The van der Waals surface area contributed by atoms with Crippen molar-refractivity contribution in [1.29, 1.82) is 0 Å². The van der Waals surface area contributed by atoms with Gasteiger partial charge < -0.3 is 9.15 Å². The van der Waals surface area contributed by atoms with Gasteiger partial charge in [-0.2, -0.15) is 0 Å². The highest BCUT2D eigenvalue weighted by molar-refractivity contribution is 6.28. The second-order valence-electron chi connectivity index (χ2n) is 9.02. The first kappa shape index (κ1) is 22.9. The van der Waals surface area contributed by atoms with Gasteiger partial charge in [0.25, 0.3) is 0 Å². The van der Waals surface area contributed by atoms with Crippen molar-refractivity contribution < 1.29 is 28.3 Å². The second-order valence-corrected chi connectivity index (χ2v) is 9.02. The number of halogens is 1. The van der Waals surface area contributed by atoms with Crippen LogP contribution in [0.1, 0.15) is 69.8 Å². The summed E-state index contributed by atoms with van der Waals surface area (Å²) in [4.78, 5) is 52.0. The van der Waals surface area contributed by atoms with E-state index >= 15 is 0 Å². The fourth-order valence-electron chi connectivity index (χ4n) is 3.86. The van der Waals surface area contributed by atoms with Crippen molar-refractivity contribution in [2.75, 3.05) is 19.6 Å². The molecule has 1 aromatic heterocycles. The lowest BCUT2D eigenvalue weighted by molar-refractivity contribution is -0.157. The molecule has 164 valence electrons. The van der Waals surface area contributed by atoms with Crippen LogP contribution in [0.15, 0.2) is 34.7 Å². The number of esters is 1. The molecular formula is C23H24ClNO6. The highest BCUT2D eigenvalue weighted by Gasteiger charge is 2.36. The number of hydrogen-bond donors (Lipinski definition) is 0. The van der Waals surface area contributed by atoms with E-state index in [1.54, 1.807) is 24.3 Å². The Kier molecular flexibility index (Phi) is 6.21. The van der Waals surface area contributed by atoms with Crippen molar-refractivity contribution in [3.63, 3.8) is 0 Å². The van der Waals surface area contributed by atoms with Crippen LogP contribution in [0.25, 0.3) is 0 Å². The molecule has 8 heteroatoms. The largest absolute Gasteiger partial charge is 0.459 e. The third-order valence-electron chi connectivity index (χ3n) is 5.10. The average Bonchev–Trinajstić information content (AvgIpc) is 3.09. The third kappa shape index (κ3) is 4.62. The van der Waals surface area contributed by atoms with E-state index in [0.717, 1.165) is 6.54 Å². The van der Waals surface area contributed by atoms with Crippen LogP contribution in [0.2, 0.25) is 0 Å². The molecule has 0 N–H and O–H groups in total. The lowest BCUT2D eigenvalue weighted by Gasteiger charge is -2.41. The zero-order valence-electron chi connectivity index (χ0n) is 17.6. The predicted molar refractivity (Wildman–Crippen MR) is 114 cm³/mol. The summed E-state index contributed by atoms with van der Waals surface area (Å²) in [7, 11) is 0. The number of furan rings is 1. The van der Waals surface area contributed by atoms with Gasteiger partial charge in [0.1, 0.15) is 12.5 Å². The van der Waals surface area contributed by atoms with Crippen molar-refractivity contribution in [3.8, 4) is 0 Å². The number of benzene rings is 1. The van der Waals surface area contributed by atoms with Crippen molar-refractivity contribution in [2.45, 2.75) is 33.3 Å². The number of hydrogen-bond acceptors (Lipinski definition) is 7. The summed E-state index contributed by atoms with van der Waals surface area (Å²) >= 11 is 0. The summed E-state index contributed by atoms with van der Waals surface area (Å²) < 4.78 is 10.7. The van der Waals surface area contributed by atoms with Gasteiger partial charge in [0.15, 0.2) is 17.3 Å². The Bertz CT molecular complexity index is 1010. The molecule has 0 radical (unpaired) electrons. The van der Waals surface area contributed by atoms with E-state index in [2.05, 4.69) is 25.7 Å². The van der Waals surface area contributed by atoms with Gasteiger partial charge in [-0.1, -0.05) is 45.0 Å². The quantitative estimate of drug-likeness (QED) is 0.338. The first-order valence-electron chi connectivity index (χ1n) is 9.90. The maximum Gasteiger partial charge on any atom is 0.314 e. The number of fused-ring (bicyclic) bond motifs is 2. The average molecular weight is 446 g/mol. The first-order chi connectivity index (χ1) is 14.1. The molecule has 4 rings (SSSR count). The molecule has 1 fully saturated rings. The predicted octanol–water partition coefficient (Wildman–Crippen LogP) is 3.32. The van der Waals surface area contributed by atoms with E-state index < -0.39 is 24.0 Å². The van der Waals surface area contributed by atoms with Gasteiger partial charge in [0, 0.05) is 30.8 Å². The topological polar surface area (TPSA) is 93.9 Å². The van der Waals surface area contributed by atoms with Crippen molar-refractivity contribution in [1.82, 2.24) is 4.90 Å². The molecule has 1 aromatic carbocycles. The molecule has 2 heterocycles. The van der Waals surface area contributed by atoms with Gasteiger partial charge in [-0.15, -0.1) is 12.4 Å². The molecule has 1 saturated heterocycles. The molecule has 31 heavy (non-hydrogen) atoms. The lowest BCUT2D eigenvalue weighted by Crippen LogP contribution is -2.55. The van der Waals surface area contributed by atoms with Crippen LogP contribution in [-0.2, 0) is 9.53 Å². The van der Waals surface area contributed by atoms with E-state index in [9.17, 15) is 19.2 Å². The minimum atomic E-state index is -0.643. The Morgan fingerprint density at radius 1 is 1.06 bits per heavy atom. The van der Waals surface area contributed by atoms with Crippen LogP contribution in [0.4, 0.5) is 0 Å². The van der Waals surface area contributed by atoms with Gasteiger partial charge in [0.05, 0.1) is 5.56 Å². The molecule has 0 amide bonds. The Labute approximate surface area is 186 Å². The van der Waals surface area contributed by atoms with Gasteiger partial charge in [-0.05, 0) is 11.5 Å². The fraction of sp³-hybridized carbons (Fsp3) is 0.391. The Morgan fingerprint density at radius 2 is 1.68 bits per heavy atom. The zero-order valence-corrected chi connectivity index (χ0v) is 18.4. The third-order valence-corrected chi connectivity index (χ3v) is 5.10. The molecule has 2 aromatic rings. The number of ketones is 3. The Hall–Kier alpha value is -2.77. The van der Waals surface area contributed by atoms with E-state index in [4.69, 9.17) is 9.15 Å². The SMILES string of the molecule is CC(C)(C)CN1CC(OC(=O)CC(=O)c2cc3c(o2)C(=O)c2ccccc2C3=O)C1.Cl. The van der Waals surface area contributed by atoms with Gasteiger partial charge in [0.2, 0.25) is 11.6 Å². The van der Waals surface area contributed by atoms with E-state index in [0.29, 0.717) is 13.1 Å². The van der Waals surface area contributed by atoms with Crippen LogP contribution in [0.3, 0.4) is 0 Å². The van der Waals surface area contributed by atoms with Crippen LogP contribution in [-0.4, -0.2) is 54.0 Å². The van der Waals surface area contributed by atoms with Gasteiger partial charge in [-0.3, -0.25) is 24.1 Å². The van der Waals surface area contributed by atoms with Gasteiger partial charge >= 0.3 is 5.97 Å².